The lowest BCUT2D eigenvalue weighted by molar-refractivity contribution is 0.0685. The largest absolute Gasteiger partial charge is 0.477 e. The van der Waals surface area contributed by atoms with Crippen molar-refractivity contribution in [2.24, 2.45) is 7.05 Å². The van der Waals surface area contributed by atoms with Gasteiger partial charge in [-0.15, -0.1) is 0 Å². The lowest BCUT2D eigenvalue weighted by atomic mass is 10.2. The fourth-order valence-electron chi connectivity index (χ4n) is 1.45. The zero-order chi connectivity index (χ0) is 11.0. The van der Waals surface area contributed by atoms with E-state index < -0.39 is 5.97 Å². The summed E-state index contributed by atoms with van der Waals surface area (Å²) in [5.74, 6) is -1.12. The lowest BCUT2D eigenvalue weighted by Crippen LogP contribution is -2.23. The third-order valence-corrected chi connectivity index (χ3v) is 2.26. The Morgan fingerprint density at radius 1 is 1.53 bits per heavy atom. The predicted molar refractivity (Wildman–Crippen MR) is 53.9 cm³/mol. The molecule has 0 amide bonds. The highest BCUT2D eigenvalue weighted by molar-refractivity contribution is 5.91. The average molecular weight is 204 g/mol. The molecule has 0 bridgehead atoms. The van der Waals surface area contributed by atoms with Crippen molar-refractivity contribution in [1.29, 1.82) is 0 Å². The Morgan fingerprint density at radius 3 is 2.93 bits per heavy atom. The zero-order valence-electron chi connectivity index (χ0n) is 7.97. The number of fused-ring (bicyclic) bond motifs is 1. The van der Waals surface area contributed by atoms with Crippen molar-refractivity contribution >= 4 is 16.7 Å². The SMILES string of the molecule is Cn1c(C(=O)O)cc2ccncc2c1=O. The average Bonchev–Trinajstić information content (AvgIpc) is 2.23. The number of nitrogens with zero attached hydrogens (tertiary/aromatic N) is 2. The highest BCUT2D eigenvalue weighted by Gasteiger charge is 2.11. The van der Waals surface area contributed by atoms with Crippen molar-refractivity contribution in [2.45, 2.75) is 0 Å². The highest BCUT2D eigenvalue weighted by Crippen LogP contribution is 2.09. The van der Waals surface area contributed by atoms with Gasteiger partial charge in [-0.05, 0) is 17.5 Å². The van der Waals surface area contributed by atoms with Gasteiger partial charge in [0.15, 0.2) is 0 Å². The predicted octanol–water partition coefficient (Wildman–Crippen LogP) is 0.632. The summed E-state index contributed by atoms with van der Waals surface area (Å²) in [6.07, 6.45) is 2.96. The van der Waals surface area contributed by atoms with Crippen LogP contribution in [0.25, 0.3) is 10.8 Å². The second kappa shape index (κ2) is 3.20. The van der Waals surface area contributed by atoms with E-state index in [0.717, 1.165) is 4.57 Å². The van der Waals surface area contributed by atoms with Crippen molar-refractivity contribution in [3.8, 4) is 0 Å². The van der Waals surface area contributed by atoms with Crippen molar-refractivity contribution in [1.82, 2.24) is 9.55 Å². The van der Waals surface area contributed by atoms with Gasteiger partial charge < -0.3 is 9.67 Å². The summed E-state index contributed by atoms with van der Waals surface area (Å²) >= 11 is 0. The molecule has 76 valence electrons. The molecule has 5 nitrogen and oxygen atoms in total. The van der Waals surface area contributed by atoms with E-state index in [9.17, 15) is 9.59 Å². The number of pyridine rings is 2. The second-order valence-corrected chi connectivity index (χ2v) is 3.16. The maximum Gasteiger partial charge on any atom is 0.352 e. The van der Waals surface area contributed by atoms with E-state index in [-0.39, 0.29) is 11.3 Å². The molecule has 0 aliphatic heterocycles. The maximum atomic E-state index is 11.7. The van der Waals surface area contributed by atoms with Crippen LogP contribution in [0.1, 0.15) is 10.5 Å². The Kier molecular flexibility index (Phi) is 2.00. The topological polar surface area (TPSA) is 72.2 Å². The molecule has 2 heterocycles. The van der Waals surface area contributed by atoms with Crippen molar-refractivity contribution < 1.29 is 9.90 Å². The Hall–Kier alpha value is -2.17. The number of hydrogen-bond acceptors (Lipinski definition) is 3. The minimum absolute atomic E-state index is 0.0290. The molecule has 0 spiro atoms. The van der Waals surface area contributed by atoms with Gasteiger partial charge in [-0.25, -0.2) is 4.79 Å². The molecule has 2 aromatic heterocycles. The van der Waals surface area contributed by atoms with Crippen LogP contribution >= 0.6 is 0 Å². The lowest BCUT2D eigenvalue weighted by Gasteiger charge is -2.05. The van der Waals surface area contributed by atoms with Gasteiger partial charge >= 0.3 is 5.97 Å². The molecule has 2 aromatic rings. The first-order valence-corrected chi connectivity index (χ1v) is 4.28. The molecule has 0 radical (unpaired) electrons. The summed E-state index contributed by atoms with van der Waals surface area (Å²) in [5.41, 5.74) is -0.378. The van der Waals surface area contributed by atoms with Crippen LogP contribution in [-0.4, -0.2) is 20.6 Å². The van der Waals surface area contributed by atoms with E-state index in [4.69, 9.17) is 5.11 Å². The normalized spacial score (nSPS) is 10.5. The van der Waals surface area contributed by atoms with E-state index in [2.05, 4.69) is 4.98 Å². The quantitative estimate of drug-likeness (QED) is 0.739. The standard InChI is InChI=1S/C10H8N2O3/c1-12-8(10(14)15)4-6-2-3-11-5-7(6)9(12)13/h2-5H,1H3,(H,14,15). The fourth-order valence-corrected chi connectivity index (χ4v) is 1.45. The van der Waals surface area contributed by atoms with Gasteiger partial charge in [0.2, 0.25) is 0 Å². The van der Waals surface area contributed by atoms with E-state index >= 15 is 0 Å². The molecule has 0 saturated heterocycles. The number of aromatic carboxylic acids is 1. The van der Waals surface area contributed by atoms with Crippen molar-refractivity contribution in [3.63, 3.8) is 0 Å². The van der Waals surface area contributed by atoms with Crippen molar-refractivity contribution in [2.75, 3.05) is 0 Å². The van der Waals surface area contributed by atoms with Crippen molar-refractivity contribution in [3.05, 3.63) is 40.6 Å². The maximum absolute atomic E-state index is 11.7. The van der Waals surface area contributed by atoms with Crippen LogP contribution in [-0.2, 0) is 7.05 Å². The molecule has 0 fully saturated rings. The summed E-state index contributed by atoms with van der Waals surface area (Å²) < 4.78 is 1.10. The number of aromatic nitrogens is 2. The Bertz CT molecular complexity index is 601. The number of carboxylic acid groups (broad SMARTS) is 1. The monoisotopic (exact) mass is 204 g/mol. The molecule has 0 unspecified atom stereocenters. The molecular formula is C10H8N2O3. The molecule has 15 heavy (non-hydrogen) atoms. The Balaban J connectivity index is 2.95. The fraction of sp³-hybridized carbons (Fsp3) is 0.100. The van der Waals surface area contributed by atoms with Gasteiger partial charge in [-0.3, -0.25) is 9.78 Å². The van der Waals surface area contributed by atoms with Crippen LogP contribution in [0.4, 0.5) is 0 Å². The highest BCUT2D eigenvalue weighted by atomic mass is 16.4. The van der Waals surface area contributed by atoms with Crippen LogP contribution < -0.4 is 5.56 Å². The zero-order valence-corrected chi connectivity index (χ0v) is 7.97. The second-order valence-electron chi connectivity index (χ2n) is 3.16. The van der Waals surface area contributed by atoms with Crippen LogP contribution in [0.3, 0.4) is 0 Å². The van der Waals surface area contributed by atoms with Gasteiger partial charge in [-0.2, -0.15) is 0 Å². The van der Waals surface area contributed by atoms with Gasteiger partial charge in [0.25, 0.3) is 5.56 Å². The summed E-state index contributed by atoms with van der Waals surface area (Å²) in [4.78, 5) is 26.4. The molecule has 0 aliphatic carbocycles. The van der Waals surface area contributed by atoms with Gasteiger partial charge in [0, 0.05) is 19.4 Å². The first-order chi connectivity index (χ1) is 7.11. The van der Waals surface area contributed by atoms with E-state index in [1.807, 2.05) is 0 Å². The first kappa shape index (κ1) is 9.39. The van der Waals surface area contributed by atoms with Gasteiger partial charge in [0.1, 0.15) is 5.69 Å². The molecule has 2 rings (SSSR count). The molecule has 5 heteroatoms. The van der Waals surface area contributed by atoms with E-state index in [1.54, 1.807) is 6.07 Å². The summed E-state index contributed by atoms with van der Waals surface area (Å²) in [6.45, 7) is 0. The van der Waals surface area contributed by atoms with Crippen LogP contribution in [0.2, 0.25) is 0 Å². The molecule has 0 aliphatic rings. The van der Waals surface area contributed by atoms with Crippen LogP contribution in [0, 0.1) is 0 Å². The third-order valence-electron chi connectivity index (χ3n) is 2.26. The smallest absolute Gasteiger partial charge is 0.352 e. The molecular weight excluding hydrogens is 196 g/mol. The van der Waals surface area contributed by atoms with E-state index in [0.29, 0.717) is 10.8 Å². The summed E-state index contributed by atoms with van der Waals surface area (Å²) in [5, 5.41) is 9.88. The Morgan fingerprint density at radius 2 is 2.27 bits per heavy atom. The minimum Gasteiger partial charge on any atom is -0.477 e. The number of rotatable bonds is 1. The summed E-state index contributed by atoms with van der Waals surface area (Å²) in [6, 6.07) is 3.07. The first-order valence-electron chi connectivity index (χ1n) is 4.28. The number of hydrogen-bond donors (Lipinski definition) is 1. The number of carbonyl (C=O) groups is 1. The minimum atomic E-state index is -1.12. The third kappa shape index (κ3) is 1.38. The number of carboxylic acids is 1. The van der Waals surface area contributed by atoms with Crippen LogP contribution in [0.15, 0.2) is 29.3 Å². The Labute approximate surface area is 84.6 Å². The van der Waals surface area contributed by atoms with Gasteiger partial charge in [-0.1, -0.05) is 0 Å². The molecule has 0 atom stereocenters. The molecule has 0 aromatic carbocycles. The van der Waals surface area contributed by atoms with Gasteiger partial charge in [0.05, 0.1) is 5.39 Å². The van der Waals surface area contributed by atoms with Crippen LogP contribution in [0.5, 0.6) is 0 Å². The van der Waals surface area contributed by atoms with E-state index in [1.165, 1.54) is 25.5 Å². The molecule has 1 N–H and O–H groups in total. The summed E-state index contributed by atoms with van der Waals surface area (Å²) in [7, 11) is 1.43. The molecule has 0 saturated carbocycles.